The maximum Gasteiger partial charge on any atom is 0.248 e. The molecular formula is C16H22N4O. The van der Waals surface area contributed by atoms with Gasteiger partial charge >= 0.3 is 0 Å². The van der Waals surface area contributed by atoms with Crippen molar-refractivity contribution >= 4 is 11.9 Å². The first-order valence-corrected chi connectivity index (χ1v) is 7.27. The third-order valence-electron chi connectivity index (χ3n) is 3.35. The predicted molar refractivity (Wildman–Crippen MR) is 85.1 cm³/mol. The van der Waals surface area contributed by atoms with Gasteiger partial charge in [-0.05, 0) is 37.5 Å². The van der Waals surface area contributed by atoms with Crippen molar-refractivity contribution in [1.82, 2.24) is 10.6 Å². The van der Waals surface area contributed by atoms with Crippen LogP contribution < -0.4 is 16.4 Å². The molecule has 0 radical (unpaired) electrons. The average molecular weight is 286 g/mol. The number of rotatable bonds is 5. The number of hydrogen-bond donors (Lipinski definition) is 3. The molecule has 1 aromatic carbocycles. The van der Waals surface area contributed by atoms with Gasteiger partial charge in [-0.25, -0.2) is 4.99 Å². The average Bonchev–Trinajstić information content (AvgIpc) is 2.98. The minimum absolute atomic E-state index is 0.409. The van der Waals surface area contributed by atoms with E-state index >= 15 is 0 Å². The Bertz CT molecular complexity index is 526. The molecule has 5 nitrogen and oxygen atoms in total. The molecule has 0 aromatic heterocycles. The Morgan fingerprint density at radius 3 is 2.52 bits per heavy atom. The second-order valence-electron chi connectivity index (χ2n) is 5.04. The fourth-order valence-corrected chi connectivity index (χ4v) is 2.19. The zero-order valence-electron chi connectivity index (χ0n) is 12.3. The van der Waals surface area contributed by atoms with Crippen LogP contribution >= 0.6 is 0 Å². The first kappa shape index (κ1) is 15.1. The molecule has 0 fully saturated rings. The number of amides is 1. The van der Waals surface area contributed by atoms with Gasteiger partial charge in [-0.2, -0.15) is 0 Å². The third-order valence-corrected chi connectivity index (χ3v) is 3.35. The predicted octanol–water partition coefficient (Wildman–Crippen LogP) is 1.56. The standard InChI is InChI=1S/C16H22N4O/c1-2-18-16(20-14-5-3-4-6-14)19-11-12-7-9-13(10-8-12)15(17)21/h3-4,7-10,14H,2,5-6,11H2,1H3,(H2,17,21)(H2,18,19,20). The smallest absolute Gasteiger partial charge is 0.248 e. The first-order valence-electron chi connectivity index (χ1n) is 7.27. The van der Waals surface area contributed by atoms with Crippen molar-refractivity contribution in [2.75, 3.05) is 6.54 Å². The lowest BCUT2D eigenvalue weighted by Crippen LogP contribution is -2.42. The van der Waals surface area contributed by atoms with Crippen molar-refractivity contribution in [1.29, 1.82) is 0 Å². The Kier molecular flexibility index (Phi) is 5.37. The minimum Gasteiger partial charge on any atom is -0.366 e. The number of aliphatic imine (C=N–C) groups is 1. The molecule has 21 heavy (non-hydrogen) atoms. The maximum absolute atomic E-state index is 11.0. The van der Waals surface area contributed by atoms with E-state index in [0.717, 1.165) is 30.9 Å². The van der Waals surface area contributed by atoms with Crippen molar-refractivity contribution in [2.24, 2.45) is 10.7 Å². The van der Waals surface area contributed by atoms with E-state index in [2.05, 4.69) is 27.8 Å². The molecule has 4 N–H and O–H groups in total. The Balaban J connectivity index is 1.95. The number of nitrogens with zero attached hydrogens (tertiary/aromatic N) is 1. The highest BCUT2D eigenvalue weighted by Crippen LogP contribution is 2.09. The van der Waals surface area contributed by atoms with Gasteiger partial charge in [0.15, 0.2) is 5.96 Å². The summed E-state index contributed by atoms with van der Waals surface area (Å²) < 4.78 is 0. The summed E-state index contributed by atoms with van der Waals surface area (Å²) in [5.74, 6) is 0.416. The molecule has 0 atom stereocenters. The zero-order chi connectivity index (χ0) is 15.1. The molecule has 0 saturated carbocycles. The van der Waals surface area contributed by atoms with Crippen LogP contribution in [-0.2, 0) is 6.54 Å². The first-order chi connectivity index (χ1) is 10.2. The summed E-state index contributed by atoms with van der Waals surface area (Å²) in [7, 11) is 0. The summed E-state index contributed by atoms with van der Waals surface area (Å²) in [6.07, 6.45) is 6.45. The van der Waals surface area contributed by atoms with Crippen molar-refractivity contribution < 1.29 is 4.79 Å². The second kappa shape index (κ2) is 7.47. The van der Waals surface area contributed by atoms with Crippen LogP contribution in [0.25, 0.3) is 0 Å². The van der Waals surface area contributed by atoms with Gasteiger partial charge in [0.1, 0.15) is 0 Å². The van der Waals surface area contributed by atoms with Crippen molar-refractivity contribution in [2.45, 2.75) is 32.4 Å². The molecular weight excluding hydrogens is 264 g/mol. The lowest BCUT2D eigenvalue weighted by molar-refractivity contribution is 0.100. The van der Waals surface area contributed by atoms with Crippen LogP contribution in [0.5, 0.6) is 0 Å². The molecule has 0 bridgehead atoms. The van der Waals surface area contributed by atoms with Crippen LogP contribution in [0.15, 0.2) is 41.4 Å². The van der Waals surface area contributed by atoms with E-state index in [-0.39, 0.29) is 0 Å². The molecule has 1 aliphatic rings. The Hall–Kier alpha value is -2.30. The topological polar surface area (TPSA) is 79.5 Å². The summed E-state index contributed by atoms with van der Waals surface area (Å²) in [5, 5.41) is 6.67. The second-order valence-corrected chi connectivity index (χ2v) is 5.04. The molecule has 1 aromatic rings. The highest BCUT2D eigenvalue weighted by molar-refractivity contribution is 5.92. The van der Waals surface area contributed by atoms with Gasteiger partial charge in [0.25, 0.3) is 0 Å². The van der Waals surface area contributed by atoms with Gasteiger partial charge < -0.3 is 16.4 Å². The number of primary amides is 1. The number of carbonyl (C=O) groups is 1. The fourth-order valence-electron chi connectivity index (χ4n) is 2.19. The highest BCUT2D eigenvalue weighted by Gasteiger charge is 2.11. The van der Waals surface area contributed by atoms with E-state index in [1.165, 1.54) is 0 Å². The summed E-state index contributed by atoms with van der Waals surface area (Å²) in [6, 6.07) is 7.65. The number of nitrogens with two attached hydrogens (primary N) is 1. The quantitative estimate of drug-likeness (QED) is 0.436. The Morgan fingerprint density at radius 2 is 1.95 bits per heavy atom. The number of carbonyl (C=O) groups excluding carboxylic acids is 1. The molecule has 0 spiro atoms. The highest BCUT2D eigenvalue weighted by atomic mass is 16.1. The number of hydrogen-bond acceptors (Lipinski definition) is 2. The van der Waals surface area contributed by atoms with Crippen LogP contribution in [0.1, 0.15) is 35.7 Å². The fraction of sp³-hybridized carbons (Fsp3) is 0.375. The van der Waals surface area contributed by atoms with Crippen LogP contribution in [0, 0.1) is 0 Å². The van der Waals surface area contributed by atoms with Gasteiger partial charge in [-0.3, -0.25) is 4.79 Å². The van der Waals surface area contributed by atoms with E-state index in [4.69, 9.17) is 5.73 Å². The van der Waals surface area contributed by atoms with E-state index in [9.17, 15) is 4.79 Å². The number of benzene rings is 1. The molecule has 0 heterocycles. The van der Waals surface area contributed by atoms with E-state index < -0.39 is 5.91 Å². The van der Waals surface area contributed by atoms with Crippen LogP contribution in [0.2, 0.25) is 0 Å². The SMILES string of the molecule is CCNC(=NCc1ccc(C(N)=O)cc1)NC1CC=CC1. The van der Waals surface area contributed by atoms with Gasteiger partial charge in [0.2, 0.25) is 5.91 Å². The summed E-state index contributed by atoms with van der Waals surface area (Å²) in [4.78, 5) is 15.6. The number of nitrogens with one attached hydrogen (secondary N) is 2. The van der Waals surface area contributed by atoms with Crippen LogP contribution in [0.4, 0.5) is 0 Å². The largest absolute Gasteiger partial charge is 0.366 e. The van der Waals surface area contributed by atoms with Crippen molar-refractivity contribution in [3.63, 3.8) is 0 Å². The van der Waals surface area contributed by atoms with Gasteiger partial charge in [0.05, 0.1) is 6.54 Å². The molecule has 1 aliphatic carbocycles. The van der Waals surface area contributed by atoms with E-state index in [1.807, 2.05) is 19.1 Å². The summed E-state index contributed by atoms with van der Waals surface area (Å²) in [5.41, 5.74) is 6.79. The molecule has 0 unspecified atom stereocenters. The molecule has 112 valence electrons. The normalized spacial score (nSPS) is 15.2. The van der Waals surface area contributed by atoms with Crippen molar-refractivity contribution in [3.8, 4) is 0 Å². The minimum atomic E-state index is -0.409. The maximum atomic E-state index is 11.0. The molecule has 0 aliphatic heterocycles. The van der Waals surface area contributed by atoms with Crippen LogP contribution in [0.3, 0.4) is 0 Å². The Morgan fingerprint density at radius 1 is 1.29 bits per heavy atom. The van der Waals surface area contributed by atoms with Crippen LogP contribution in [-0.4, -0.2) is 24.5 Å². The zero-order valence-corrected chi connectivity index (χ0v) is 12.3. The molecule has 1 amide bonds. The summed E-state index contributed by atoms with van der Waals surface area (Å²) >= 11 is 0. The molecule has 5 heteroatoms. The number of guanidine groups is 1. The summed E-state index contributed by atoms with van der Waals surface area (Å²) in [6.45, 7) is 3.44. The van der Waals surface area contributed by atoms with Gasteiger partial charge in [0, 0.05) is 18.2 Å². The third kappa shape index (κ3) is 4.63. The monoisotopic (exact) mass is 286 g/mol. The van der Waals surface area contributed by atoms with Gasteiger partial charge in [-0.15, -0.1) is 0 Å². The lowest BCUT2D eigenvalue weighted by atomic mass is 10.1. The van der Waals surface area contributed by atoms with E-state index in [1.54, 1.807) is 12.1 Å². The van der Waals surface area contributed by atoms with Gasteiger partial charge in [-0.1, -0.05) is 24.3 Å². The van der Waals surface area contributed by atoms with E-state index in [0.29, 0.717) is 18.2 Å². The lowest BCUT2D eigenvalue weighted by Gasteiger charge is -2.16. The molecule has 2 rings (SSSR count). The Labute approximate surface area is 125 Å². The molecule has 0 saturated heterocycles. The van der Waals surface area contributed by atoms with Crippen molar-refractivity contribution in [3.05, 3.63) is 47.5 Å².